The Hall–Kier alpha value is -3.61. The van der Waals surface area contributed by atoms with E-state index in [1.54, 1.807) is 7.11 Å². The van der Waals surface area contributed by atoms with Gasteiger partial charge in [-0.25, -0.2) is 4.98 Å². The van der Waals surface area contributed by atoms with Crippen molar-refractivity contribution < 1.29 is 9.53 Å². The third kappa shape index (κ3) is 4.03. The fraction of sp³-hybridized carbons (Fsp3) is 0.0556. The van der Waals surface area contributed by atoms with Crippen molar-refractivity contribution in [3.8, 4) is 5.75 Å². The lowest BCUT2D eigenvalue weighted by Gasteiger charge is -2.11. The number of para-hydroxylation sites is 1. The van der Waals surface area contributed by atoms with Gasteiger partial charge in [0.1, 0.15) is 17.1 Å². The van der Waals surface area contributed by atoms with E-state index in [1.807, 2.05) is 54.6 Å². The summed E-state index contributed by atoms with van der Waals surface area (Å²) in [5, 5.41) is 6.16. The zero-order valence-corrected chi connectivity index (χ0v) is 13.6. The number of benzene rings is 2. The number of nitrogens with zero attached hydrogens (tertiary/aromatic N) is 2. The highest BCUT2D eigenvalue weighted by molar-refractivity contribution is 5.98. The molecule has 25 heavy (non-hydrogen) atoms. The Bertz CT molecular complexity index is 866. The van der Waals surface area contributed by atoms with Gasteiger partial charge in [-0.1, -0.05) is 18.2 Å². The van der Waals surface area contributed by atoms with E-state index in [-0.39, 0.29) is 5.56 Å². The van der Waals surface area contributed by atoms with Gasteiger partial charge >= 0.3 is 0 Å². The molecule has 0 saturated heterocycles. The third-order valence-corrected chi connectivity index (χ3v) is 3.44. The number of amides is 1. The van der Waals surface area contributed by atoms with Crippen LogP contribution in [0.1, 0.15) is 10.4 Å². The van der Waals surface area contributed by atoms with Gasteiger partial charge in [-0.3, -0.25) is 4.79 Å². The van der Waals surface area contributed by atoms with E-state index in [9.17, 15) is 4.79 Å². The number of carbonyl (C=O) groups excluding carboxylic acids is 1. The molecule has 3 aromatic rings. The number of ether oxygens (including phenoxy) is 1. The molecule has 0 radical (unpaired) electrons. The normalized spacial score (nSPS) is 10.1. The van der Waals surface area contributed by atoms with Gasteiger partial charge in [0, 0.05) is 17.6 Å². The number of hydrogen-bond acceptors (Lipinski definition) is 6. The fourth-order valence-electron chi connectivity index (χ4n) is 2.18. The largest absolute Gasteiger partial charge is 0.497 e. The van der Waals surface area contributed by atoms with Crippen molar-refractivity contribution in [2.24, 2.45) is 5.73 Å². The van der Waals surface area contributed by atoms with Crippen molar-refractivity contribution >= 4 is 29.0 Å². The van der Waals surface area contributed by atoms with Crippen LogP contribution in [0.25, 0.3) is 0 Å². The van der Waals surface area contributed by atoms with Crippen LogP contribution in [0.5, 0.6) is 5.75 Å². The lowest BCUT2D eigenvalue weighted by Crippen LogP contribution is -2.15. The molecule has 0 spiro atoms. The van der Waals surface area contributed by atoms with Crippen molar-refractivity contribution in [1.82, 2.24) is 9.97 Å². The Kier molecular flexibility index (Phi) is 4.75. The summed E-state index contributed by atoms with van der Waals surface area (Å²) in [4.78, 5) is 20.1. The molecule has 0 aliphatic rings. The first kappa shape index (κ1) is 16.3. The predicted octanol–water partition coefficient (Wildman–Crippen LogP) is 3.07. The summed E-state index contributed by atoms with van der Waals surface area (Å²) in [5.41, 5.74) is 7.20. The van der Waals surface area contributed by atoms with Crippen molar-refractivity contribution in [3.05, 3.63) is 66.4 Å². The van der Waals surface area contributed by atoms with Crippen molar-refractivity contribution in [2.45, 2.75) is 0 Å². The molecule has 0 bridgehead atoms. The first-order chi connectivity index (χ1) is 12.2. The zero-order valence-electron chi connectivity index (χ0n) is 13.6. The van der Waals surface area contributed by atoms with E-state index in [4.69, 9.17) is 10.5 Å². The van der Waals surface area contributed by atoms with Crippen LogP contribution in [0.15, 0.2) is 60.8 Å². The second-order valence-electron chi connectivity index (χ2n) is 5.16. The molecule has 0 atom stereocenters. The van der Waals surface area contributed by atoms with Crippen LogP contribution in [0.4, 0.5) is 23.1 Å². The predicted molar refractivity (Wildman–Crippen MR) is 96.6 cm³/mol. The number of nitrogens with two attached hydrogens (primary N) is 1. The maximum atomic E-state index is 11.6. The molecular weight excluding hydrogens is 318 g/mol. The van der Waals surface area contributed by atoms with E-state index >= 15 is 0 Å². The number of methoxy groups -OCH3 is 1. The quantitative estimate of drug-likeness (QED) is 0.640. The molecule has 1 heterocycles. The van der Waals surface area contributed by atoms with Gasteiger partial charge in [0.2, 0.25) is 5.95 Å². The lowest BCUT2D eigenvalue weighted by atomic mass is 10.2. The van der Waals surface area contributed by atoms with E-state index in [2.05, 4.69) is 20.6 Å². The molecule has 1 amide bonds. The summed E-state index contributed by atoms with van der Waals surface area (Å²) in [7, 11) is 1.61. The highest BCUT2D eigenvalue weighted by Gasteiger charge is 2.12. The number of aromatic nitrogens is 2. The van der Waals surface area contributed by atoms with Gasteiger partial charge in [-0.05, 0) is 36.4 Å². The number of nitrogens with one attached hydrogen (secondary N) is 2. The van der Waals surface area contributed by atoms with Crippen LogP contribution in [-0.4, -0.2) is 23.0 Å². The Morgan fingerprint density at radius 3 is 2.32 bits per heavy atom. The molecule has 0 saturated carbocycles. The van der Waals surface area contributed by atoms with E-state index < -0.39 is 5.91 Å². The summed E-state index contributed by atoms with van der Waals surface area (Å²) >= 11 is 0. The number of anilines is 4. The summed E-state index contributed by atoms with van der Waals surface area (Å²) < 4.78 is 5.13. The van der Waals surface area contributed by atoms with Crippen LogP contribution in [0.2, 0.25) is 0 Å². The summed E-state index contributed by atoms with van der Waals surface area (Å²) in [6.45, 7) is 0. The highest BCUT2D eigenvalue weighted by Crippen LogP contribution is 2.22. The van der Waals surface area contributed by atoms with Crippen LogP contribution >= 0.6 is 0 Å². The first-order valence-corrected chi connectivity index (χ1v) is 7.55. The number of rotatable bonds is 6. The van der Waals surface area contributed by atoms with Gasteiger partial charge in [-0.15, -0.1) is 0 Å². The maximum Gasteiger partial charge on any atom is 0.254 e. The minimum atomic E-state index is -0.602. The van der Waals surface area contributed by atoms with Crippen molar-refractivity contribution in [1.29, 1.82) is 0 Å². The van der Waals surface area contributed by atoms with Gasteiger partial charge in [0.05, 0.1) is 7.11 Å². The zero-order chi connectivity index (χ0) is 17.6. The molecule has 0 aliphatic carbocycles. The third-order valence-electron chi connectivity index (χ3n) is 3.44. The molecule has 7 heteroatoms. The van der Waals surface area contributed by atoms with Crippen molar-refractivity contribution in [3.63, 3.8) is 0 Å². The monoisotopic (exact) mass is 335 g/mol. The maximum absolute atomic E-state index is 11.6. The molecule has 7 nitrogen and oxygen atoms in total. The Labute approximate surface area is 144 Å². The average molecular weight is 335 g/mol. The van der Waals surface area contributed by atoms with Gasteiger partial charge in [0.25, 0.3) is 5.91 Å². The summed E-state index contributed by atoms with van der Waals surface area (Å²) in [5.74, 6) is 0.828. The van der Waals surface area contributed by atoms with Crippen molar-refractivity contribution in [2.75, 3.05) is 17.7 Å². The Morgan fingerprint density at radius 2 is 1.68 bits per heavy atom. The molecule has 4 N–H and O–H groups in total. The minimum Gasteiger partial charge on any atom is -0.497 e. The van der Waals surface area contributed by atoms with Crippen LogP contribution in [0.3, 0.4) is 0 Å². The molecule has 0 aliphatic heterocycles. The molecular formula is C18H17N5O2. The second kappa shape index (κ2) is 7.31. The van der Waals surface area contributed by atoms with Gasteiger partial charge < -0.3 is 21.1 Å². The summed E-state index contributed by atoms with van der Waals surface area (Å²) in [6.07, 6.45) is 1.40. The van der Waals surface area contributed by atoms with Crippen LogP contribution < -0.4 is 21.1 Å². The number of hydrogen-bond donors (Lipinski definition) is 3. The average Bonchev–Trinajstić information content (AvgIpc) is 2.63. The Balaban J connectivity index is 1.87. The fourth-order valence-corrected chi connectivity index (χ4v) is 2.18. The van der Waals surface area contributed by atoms with Crippen LogP contribution in [0, 0.1) is 0 Å². The number of carbonyl (C=O) groups is 1. The number of primary amides is 1. The molecule has 0 fully saturated rings. The van der Waals surface area contributed by atoms with E-state index in [1.165, 1.54) is 6.20 Å². The minimum absolute atomic E-state index is 0.212. The topological polar surface area (TPSA) is 102 Å². The van der Waals surface area contributed by atoms with Crippen LogP contribution in [-0.2, 0) is 0 Å². The van der Waals surface area contributed by atoms with Gasteiger partial charge in [0.15, 0.2) is 0 Å². The Morgan fingerprint density at radius 1 is 1.00 bits per heavy atom. The molecule has 2 aromatic carbocycles. The molecule has 126 valence electrons. The molecule has 1 aromatic heterocycles. The van der Waals surface area contributed by atoms with E-state index in [0.29, 0.717) is 11.8 Å². The molecule has 0 unspecified atom stereocenters. The SMILES string of the molecule is COc1ccc(Nc2ncc(C(N)=O)c(Nc3ccccc3)n2)cc1. The highest BCUT2D eigenvalue weighted by atomic mass is 16.5. The lowest BCUT2D eigenvalue weighted by molar-refractivity contribution is 0.100. The standard InChI is InChI=1S/C18H17N5O2/c1-25-14-9-7-13(8-10-14)22-18-20-11-15(16(19)24)17(23-18)21-12-5-3-2-4-6-12/h2-11H,1H3,(H2,19,24)(H2,20,21,22,23). The smallest absolute Gasteiger partial charge is 0.254 e. The molecule has 3 rings (SSSR count). The van der Waals surface area contributed by atoms with Gasteiger partial charge in [-0.2, -0.15) is 4.98 Å². The van der Waals surface area contributed by atoms with E-state index in [0.717, 1.165) is 17.1 Å². The summed E-state index contributed by atoms with van der Waals surface area (Å²) in [6, 6.07) is 16.7. The first-order valence-electron chi connectivity index (χ1n) is 7.55. The second-order valence-corrected chi connectivity index (χ2v) is 5.16.